The molecule has 1 aromatic rings. The van der Waals surface area contributed by atoms with Gasteiger partial charge < -0.3 is 15.3 Å². The molecule has 1 saturated heterocycles. The van der Waals surface area contributed by atoms with E-state index < -0.39 is 11.4 Å². The van der Waals surface area contributed by atoms with Gasteiger partial charge >= 0.3 is 5.97 Å². The molecule has 2 rings (SSSR count). The van der Waals surface area contributed by atoms with Crippen LogP contribution in [0.2, 0.25) is 0 Å². The van der Waals surface area contributed by atoms with Crippen molar-refractivity contribution in [1.29, 1.82) is 0 Å². The molecule has 1 fully saturated rings. The number of nitrogens with zero attached hydrogens (tertiary/aromatic N) is 2. The summed E-state index contributed by atoms with van der Waals surface area (Å²) in [5, 5.41) is 11.9. The fourth-order valence-electron chi connectivity index (χ4n) is 2.35. The minimum Gasteiger partial charge on any atom is -0.481 e. The van der Waals surface area contributed by atoms with E-state index in [9.17, 15) is 9.59 Å². The minimum absolute atomic E-state index is 0.0728. The molecule has 0 atom stereocenters. The molecule has 0 aromatic carbocycles. The van der Waals surface area contributed by atoms with E-state index in [1.165, 1.54) is 0 Å². The molecular weight excluding hydrogens is 270 g/mol. The quantitative estimate of drug-likeness (QED) is 0.868. The standard InChI is InChI=1S/C15H21N3O3/c1-15(2,14(20)21)10-12(19)17-11-6-5-7-16-13(11)18-8-3-4-9-18/h5-7H,3-4,8-10H2,1-2H3,(H,17,19)(H,20,21). The Morgan fingerprint density at radius 3 is 2.67 bits per heavy atom. The molecule has 0 bridgehead atoms. The maximum atomic E-state index is 12.1. The van der Waals surface area contributed by atoms with E-state index in [1.807, 2.05) is 0 Å². The highest BCUT2D eigenvalue weighted by Gasteiger charge is 2.30. The fraction of sp³-hybridized carbons (Fsp3) is 0.533. The van der Waals surface area contributed by atoms with Crippen LogP contribution < -0.4 is 10.2 Å². The molecule has 21 heavy (non-hydrogen) atoms. The zero-order chi connectivity index (χ0) is 15.5. The first-order valence-corrected chi connectivity index (χ1v) is 7.13. The van der Waals surface area contributed by atoms with Gasteiger partial charge in [0.2, 0.25) is 5.91 Å². The molecule has 2 N–H and O–H groups in total. The van der Waals surface area contributed by atoms with Crippen LogP contribution in [-0.2, 0) is 9.59 Å². The molecule has 6 nitrogen and oxygen atoms in total. The van der Waals surface area contributed by atoms with Gasteiger partial charge in [-0.3, -0.25) is 9.59 Å². The molecule has 1 amide bonds. The number of pyridine rings is 1. The summed E-state index contributed by atoms with van der Waals surface area (Å²) in [6.45, 7) is 4.94. The Kier molecular flexibility index (Phi) is 4.45. The molecule has 0 saturated carbocycles. The Balaban J connectivity index is 2.09. The third-order valence-corrected chi connectivity index (χ3v) is 3.65. The third kappa shape index (κ3) is 3.71. The minimum atomic E-state index is -1.08. The number of nitrogens with one attached hydrogen (secondary N) is 1. The van der Waals surface area contributed by atoms with Gasteiger partial charge in [0.25, 0.3) is 0 Å². The second-order valence-corrected chi connectivity index (χ2v) is 5.98. The van der Waals surface area contributed by atoms with Gasteiger partial charge in [-0.2, -0.15) is 0 Å². The van der Waals surface area contributed by atoms with Crippen LogP contribution >= 0.6 is 0 Å². The molecule has 0 spiro atoms. The van der Waals surface area contributed by atoms with Crippen molar-refractivity contribution in [3.8, 4) is 0 Å². The van der Waals surface area contributed by atoms with Crippen molar-refractivity contribution in [2.24, 2.45) is 5.41 Å². The van der Waals surface area contributed by atoms with Gasteiger partial charge in [0, 0.05) is 25.7 Å². The lowest BCUT2D eigenvalue weighted by atomic mass is 9.89. The van der Waals surface area contributed by atoms with Crippen LogP contribution in [0.25, 0.3) is 0 Å². The van der Waals surface area contributed by atoms with Crippen molar-refractivity contribution >= 4 is 23.4 Å². The van der Waals surface area contributed by atoms with Crippen LogP contribution in [0.4, 0.5) is 11.5 Å². The van der Waals surface area contributed by atoms with E-state index in [0.29, 0.717) is 5.69 Å². The SMILES string of the molecule is CC(C)(CC(=O)Nc1cccnc1N1CCCC1)C(=O)O. The summed E-state index contributed by atoms with van der Waals surface area (Å²) in [7, 11) is 0. The van der Waals surface area contributed by atoms with Crippen LogP contribution in [0.15, 0.2) is 18.3 Å². The monoisotopic (exact) mass is 291 g/mol. The molecule has 1 aliphatic rings. The van der Waals surface area contributed by atoms with Crippen LogP contribution in [-0.4, -0.2) is 35.1 Å². The Morgan fingerprint density at radius 1 is 1.38 bits per heavy atom. The van der Waals surface area contributed by atoms with Gasteiger partial charge in [-0.25, -0.2) is 4.98 Å². The van der Waals surface area contributed by atoms with Gasteiger partial charge in [0.1, 0.15) is 0 Å². The Bertz CT molecular complexity index is 537. The number of aliphatic carboxylic acids is 1. The predicted molar refractivity (Wildman–Crippen MR) is 80.3 cm³/mol. The van der Waals surface area contributed by atoms with Crippen molar-refractivity contribution < 1.29 is 14.7 Å². The zero-order valence-corrected chi connectivity index (χ0v) is 12.4. The van der Waals surface area contributed by atoms with Crippen molar-refractivity contribution in [2.75, 3.05) is 23.3 Å². The second-order valence-electron chi connectivity index (χ2n) is 5.98. The van der Waals surface area contributed by atoms with Crippen LogP contribution in [0.1, 0.15) is 33.1 Å². The Hall–Kier alpha value is -2.11. The maximum Gasteiger partial charge on any atom is 0.309 e. The van der Waals surface area contributed by atoms with Gasteiger partial charge in [-0.05, 0) is 38.8 Å². The predicted octanol–water partition coefficient (Wildman–Crippen LogP) is 2.12. The summed E-state index contributed by atoms with van der Waals surface area (Å²) in [5.74, 6) is -0.532. The average molecular weight is 291 g/mol. The first-order valence-electron chi connectivity index (χ1n) is 7.13. The smallest absolute Gasteiger partial charge is 0.309 e. The van der Waals surface area contributed by atoms with Gasteiger partial charge in [-0.1, -0.05) is 0 Å². The molecule has 2 heterocycles. The number of amides is 1. The van der Waals surface area contributed by atoms with Crippen LogP contribution in [0.5, 0.6) is 0 Å². The molecule has 0 radical (unpaired) electrons. The molecule has 1 aliphatic heterocycles. The van der Waals surface area contributed by atoms with Crippen LogP contribution in [0.3, 0.4) is 0 Å². The summed E-state index contributed by atoms with van der Waals surface area (Å²) in [4.78, 5) is 29.6. The number of carbonyl (C=O) groups is 2. The van der Waals surface area contributed by atoms with Gasteiger partial charge in [-0.15, -0.1) is 0 Å². The third-order valence-electron chi connectivity index (χ3n) is 3.65. The highest BCUT2D eigenvalue weighted by Crippen LogP contribution is 2.27. The lowest BCUT2D eigenvalue weighted by Gasteiger charge is -2.22. The molecule has 0 aliphatic carbocycles. The van der Waals surface area contributed by atoms with E-state index in [0.717, 1.165) is 31.7 Å². The van der Waals surface area contributed by atoms with E-state index >= 15 is 0 Å². The average Bonchev–Trinajstić information content (AvgIpc) is 2.92. The Labute approximate surface area is 124 Å². The van der Waals surface area contributed by atoms with Gasteiger partial charge in [0.05, 0.1) is 11.1 Å². The second kappa shape index (κ2) is 6.11. The molecule has 1 aromatic heterocycles. The van der Waals surface area contributed by atoms with Crippen molar-refractivity contribution in [2.45, 2.75) is 33.1 Å². The van der Waals surface area contributed by atoms with Crippen molar-refractivity contribution in [3.05, 3.63) is 18.3 Å². The van der Waals surface area contributed by atoms with E-state index in [2.05, 4.69) is 15.2 Å². The number of carboxylic acid groups (broad SMARTS) is 1. The van der Waals surface area contributed by atoms with Crippen molar-refractivity contribution in [3.63, 3.8) is 0 Å². The lowest BCUT2D eigenvalue weighted by Crippen LogP contribution is -2.30. The number of hydrogen-bond acceptors (Lipinski definition) is 4. The summed E-state index contributed by atoms with van der Waals surface area (Å²) >= 11 is 0. The highest BCUT2D eigenvalue weighted by molar-refractivity contribution is 5.96. The number of carbonyl (C=O) groups excluding carboxylic acids is 1. The molecular formula is C15H21N3O3. The zero-order valence-electron chi connectivity index (χ0n) is 12.4. The summed E-state index contributed by atoms with van der Waals surface area (Å²) < 4.78 is 0. The summed E-state index contributed by atoms with van der Waals surface area (Å²) in [6, 6.07) is 3.56. The Morgan fingerprint density at radius 2 is 2.05 bits per heavy atom. The highest BCUT2D eigenvalue weighted by atomic mass is 16.4. The van der Waals surface area contributed by atoms with Crippen molar-refractivity contribution in [1.82, 2.24) is 4.98 Å². The molecule has 6 heteroatoms. The van der Waals surface area contributed by atoms with E-state index in [4.69, 9.17) is 5.11 Å². The molecule has 0 unspecified atom stereocenters. The number of rotatable bonds is 5. The first-order chi connectivity index (χ1) is 9.90. The lowest BCUT2D eigenvalue weighted by molar-refractivity contribution is -0.148. The van der Waals surface area contributed by atoms with Crippen LogP contribution in [0, 0.1) is 5.41 Å². The number of carboxylic acids is 1. The summed E-state index contributed by atoms with van der Waals surface area (Å²) in [5.41, 5.74) is -0.439. The van der Waals surface area contributed by atoms with E-state index in [1.54, 1.807) is 32.2 Å². The summed E-state index contributed by atoms with van der Waals surface area (Å²) in [6.07, 6.45) is 3.87. The van der Waals surface area contributed by atoms with Gasteiger partial charge in [0.15, 0.2) is 5.82 Å². The normalized spacial score (nSPS) is 15.0. The number of hydrogen-bond donors (Lipinski definition) is 2. The number of anilines is 2. The maximum absolute atomic E-state index is 12.1. The fourth-order valence-corrected chi connectivity index (χ4v) is 2.35. The van der Waals surface area contributed by atoms with E-state index in [-0.39, 0.29) is 12.3 Å². The first kappa shape index (κ1) is 15.3. The topological polar surface area (TPSA) is 82.5 Å². The number of aromatic nitrogens is 1. The molecule has 114 valence electrons. The largest absolute Gasteiger partial charge is 0.481 e.